The van der Waals surface area contributed by atoms with Gasteiger partial charge in [-0.25, -0.2) is 4.68 Å². The molecule has 1 aromatic heterocycles. The van der Waals surface area contributed by atoms with E-state index in [0.29, 0.717) is 36.3 Å². The first-order valence-electron chi connectivity index (χ1n) is 11.3. The Labute approximate surface area is 193 Å². The Morgan fingerprint density at radius 2 is 1.91 bits per heavy atom. The maximum atomic E-state index is 13.2. The van der Waals surface area contributed by atoms with Gasteiger partial charge in [0.05, 0.1) is 17.6 Å². The molecule has 1 unspecified atom stereocenters. The quantitative estimate of drug-likeness (QED) is 0.566. The molecule has 1 saturated heterocycles. The molecule has 1 N–H and O–H groups in total. The number of carbonyl (C=O) groups excluding carboxylic acids is 1. The molecule has 0 aliphatic carbocycles. The van der Waals surface area contributed by atoms with Crippen LogP contribution in [0, 0.1) is 0 Å². The summed E-state index contributed by atoms with van der Waals surface area (Å²) < 4.78 is 1.64. The van der Waals surface area contributed by atoms with Gasteiger partial charge in [0.15, 0.2) is 0 Å². The van der Waals surface area contributed by atoms with Gasteiger partial charge in [-0.2, -0.15) is 5.10 Å². The van der Waals surface area contributed by atoms with Crippen LogP contribution in [-0.4, -0.2) is 46.3 Å². The first-order chi connectivity index (χ1) is 15.5. The van der Waals surface area contributed by atoms with Gasteiger partial charge in [-0.3, -0.25) is 14.5 Å². The zero-order valence-electron chi connectivity index (χ0n) is 18.4. The first kappa shape index (κ1) is 22.5. The fraction of sp³-hybridized carbons (Fsp3) is 0.400. The van der Waals surface area contributed by atoms with Gasteiger partial charge in [0, 0.05) is 42.4 Å². The third-order valence-electron chi connectivity index (χ3n) is 6.15. The normalized spacial score (nSPS) is 16.5. The molecule has 6 nitrogen and oxygen atoms in total. The van der Waals surface area contributed by atoms with Gasteiger partial charge in [-0.05, 0) is 43.1 Å². The van der Waals surface area contributed by atoms with E-state index in [2.05, 4.69) is 10.2 Å². The van der Waals surface area contributed by atoms with Crippen LogP contribution in [0.1, 0.15) is 37.4 Å². The third kappa shape index (κ3) is 5.19. The van der Waals surface area contributed by atoms with E-state index in [1.54, 1.807) is 4.68 Å². The van der Waals surface area contributed by atoms with Crippen LogP contribution in [0.2, 0.25) is 5.02 Å². The topological polar surface area (TPSA) is 67.2 Å². The molecule has 1 amide bonds. The summed E-state index contributed by atoms with van der Waals surface area (Å²) in [5.41, 5.74) is 1.94. The average Bonchev–Trinajstić information content (AvgIpc) is 3.25. The van der Waals surface area contributed by atoms with Crippen molar-refractivity contribution in [3.63, 3.8) is 0 Å². The monoisotopic (exact) mass is 452 g/mol. The number of benzene rings is 2. The summed E-state index contributed by atoms with van der Waals surface area (Å²) in [5, 5.41) is 10.1. The second kappa shape index (κ2) is 10.3. The Morgan fingerprint density at radius 1 is 1.16 bits per heavy atom. The number of hydrogen-bond donors (Lipinski definition) is 1. The highest BCUT2D eigenvalue weighted by Crippen LogP contribution is 2.21. The number of nitrogens with one attached hydrogen (secondary N) is 1. The molecule has 1 aliphatic heterocycles. The Bertz CT molecular complexity index is 1140. The van der Waals surface area contributed by atoms with Gasteiger partial charge in [-0.15, -0.1) is 0 Å². The van der Waals surface area contributed by atoms with Gasteiger partial charge in [-0.1, -0.05) is 48.9 Å². The molecule has 0 saturated carbocycles. The Kier molecular flexibility index (Phi) is 7.22. The molecule has 1 aliphatic rings. The minimum atomic E-state index is -0.0495. The molecule has 0 radical (unpaired) electrons. The van der Waals surface area contributed by atoms with Crippen molar-refractivity contribution in [3.05, 3.63) is 75.2 Å². The lowest BCUT2D eigenvalue weighted by Crippen LogP contribution is -2.41. The number of halogens is 1. The van der Waals surface area contributed by atoms with Crippen LogP contribution < -0.4 is 10.9 Å². The van der Waals surface area contributed by atoms with Gasteiger partial charge < -0.3 is 5.32 Å². The molecule has 32 heavy (non-hydrogen) atoms. The van der Waals surface area contributed by atoms with E-state index in [1.165, 1.54) is 0 Å². The molecule has 1 fully saturated rings. The lowest BCUT2D eigenvalue weighted by Gasteiger charge is -2.25. The smallest absolute Gasteiger partial charge is 0.274 e. The maximum Gasteiger partial charge on any atom is 0.274 e. The van der Waals surface area contributed by atoms with Crippen LogP contribution >= 0.6 is 11.6 Å². The molecular formula is C25H29ClN4O2. The number of likely N-dealkylation sites (tertiary alicyclic amines) is 1. The van der Waals surface area contributed by atoms with E-state index in [4.69, 9.17) is 16.7 Å². The predicted octanol–water partition coefficient (Wildman–Crippen LogP) is 3.63. The van der Waals surface area contributed by atoms with Crippen LogP contribution in [0.3, 0.4) is 0 Å². The highest BCUT2D eigenvalue weighted by molar-refractivity contribution is 6.30. The average molecular weight is 453 g/mol. The second-order valence-corrected chi connectivity index (χ2v) is 8.75. The zero-order valence-corrected chi connectivity index (χ0v) is 19.1. The van der Waals surface area contributed by atoms with Crippen molar-refractivity contribution >= 4 is 28.3 Å². The number of fused-ring (bicyclic) bond motifs is 1. The van der Waals surface area contributed by atoms with Crippen LogP contribution in [0.4, 0.5) is 0 Å². The largest absolute Gasteiger partial charge is 0.355 e. The van der Waals surface area contributed by atoms with Crippen LogP contribution in [0.15, 0.2) is 53.3 Å². The van der Waals surface area contributed by atoms with Crippen molar-refractivity contribution in [1.82, 2.24) is 20.0 Å². The lowest BCUT2D eigenvalue weighted by atomic mass is 10.0. The van der Waals surface area contributed by atoms with E-state index in [0.717, 1.165) is 42.6 Å². The zero-order chi connectivity index (χ0) is 22.5. The standard InChI is InChI=1S/C25H29ClN4O2/c1-2-24(31)27-13-15-29-14-5-6-20(29)17-30-25(32)22-8-4-3-7-21(22)23(28-30)16-18-9-11-19(26)12-10-18/h3-4,7-12,20H,2,5-6,13-17H2,1H3,(H,27,31). The summed E-state index contributed by atoms with van der Waals surface area (Å²) in [4.78, 5) is 27.1. The number of rotatable bonds is 8. The second-order valence-electron chi connectivity index (χ2n) is 8.32. The number of amides is 1. The predicted molar refractivity (Wildman–Crippen MR) is 128 cm³/mol. The number of aromatic nitrogens is 2. The Balaban J connectivity index is 1.58. The molecule has 168 valence electrons. The van der Waals surface area contributed by atoms with E-state index >= 15 is 0 Å². The summed E-state index contributed by atoms with van der Waals surface area (Å²) in [5.74, 6) is 0.0694. The van der Waals surface area contributed by atoms with Crippen molar-refractivity contribution in [1.29, 1.82) is 0 Å². The van der Waals surface area contributed by atoms with E-state index < -0.39 is 0 Å². The van der Waals surface area contributed by atoms with Gasteiger partial charge in [0.25, 0.3) is 5.56 Å². The van der Waals surface area contributed by atoms with Crippen molar-refractivity contribution in [2.24, 2.45) is 0 Å². The number of nitrogens with zero attached hydrogens (tertiary/aromatic N) is 3. The van der Waals surface area contributed by atoms with E-state index in [1.807, 2.05) is 55.5 Å². The van der Waals surface area contributed by atoms with Crippen LogP contribution in [0.5, 0.6) is 0 Å². The number of carbonyl (C=O) groups is 1. The van der Waals surface area contributed by atoms with Gasteiger partial charge >= 0.3 is 0 Å². The molecule has 7 heteroatoms. The van der Waals surface area contributed by atoms with Crippen LogP contribution in [0.25, 0.3) is 10.8 Å². The van der Waals surface area contributed by atoms with Gasteiger partial charge in [0.1, 0.15) is 0 Å². The van der Waals surface area contributed by atoms with Gasteiger partial charge in [0.2, 0.25) is 5.91 Å². The SMILES string of the molecule is CCC(=O)NCCN1CCCC1Cn1nc(Cc2ccc(Cl)cc2)c2ccccc2c1=O. The Hall–Kier alpha value is -2.70. The first-order valence-corrected chi connectivity index (χ1v) is 11.7. The summed E-state index contributed by atoms with van der Waals surface area (Å²) in [6.07, 6.45) is 3.24. The van der Waals surface area contributed by atoms with Crippen molar-refractivity contribution in [2.75, 3.05) is 19.6 Å². The molecule has 2 aromatic carbocycles. The lowest BCUT2D eigenvalue weighted by molar-refractivity contribution is -0.120. The summed E-state index contributed by atoms with van der Waals surface area (Å²) >= 11 is 6.04. The van der Waals surface area contributed by atoms with Crippen molar-refractivity contribution in [2.45, 2.75) is 45.2 Å². The molecule has 0 bridgehead atoms. The minimum Gasteiger partial charge on any atom is -0.355 e. The summed E-state index contributed by atoms with van der Waals surface area (Å²) in [7, 11) is 0. The fourth-order valence-electron chi connectivity index (χ4n) is 4.42. The van der Waals surface area contributed by atoms with Crippen molar-refractivity contribution in [3.8, 4) is 0 Å². The van der Waals surface area contributed by atoms with E-state index in [-0.39, 0.29) is 17.5 Å². The molecular weight excluding hydrogens is 424 g/mol. The molecule has 0 spiro atoms. The van der Waals surface area contributed by atoms with E-state index in [9.17, 15) is 9.59 Å². The Morgan fingerprint density at radius 3 is 2.66 bits per heavy atom. The highest BCUT2D eigenvalue weighted by Gasteiger charge is 2.26. The minimum absolute atomic E-state index is 0.0495. The summed E-state index contributed by atoms with van der Waals surface area (Å²) in [6, 6.07) is 15.7. The fourth-order valence-corrected chi connectivity index (χ4v) is 4.54. The summed E-state index contributed by atoms with van der Waals surface area (Å²) in [6.45, 7) is 4.81. The highest BCUT2D eigenvalue weighted by atomic mass is 35.5. The number of hydrogen-bond acceptors (Lipinski definition) is 4. The molecule has 1 atom stereocenters. The molecule has 3 aromatic rings. The van der Waals surface area contributed by atoms with Crippen molar-refractivity contribution < 1.29 is 4.79 Å². The molecule has 4 rings (SSSR count). The van der Waals surface area contributed by atoms with Crippen LogP contribution in [-0.2, 0) is 17.8 Å². The third-order valence-corrected chi connectivity index (χ3v) is 6.41. The maximum absolute atomic E-state index is 13.2. The molecule has 2 heterocycles.